The van der Waals surface area contributed by atoms with Gasteiger partial charge in [0.05, 0.1) is 0 Å². The largest absolute Gasteiger partial charge is 0.354 e. The second kappa shape index (κ2) is 13.2. The third-order valence-electron chi connectivity index (χ3n) is 5.42. The number of unbranched alkanes of at least 4 members (excludes halogenated alkanes) is 1. The number of aryl methyl sites for hydroxylation is 2. The van der Waals surface area contributed by atoms with Crippen LogP contribution in [0.4, 0.5) is 0 Å². The molecule has 0 fully saturated rings. The van der Waals surface area contributed by atoms with Crippen LogP contribution in [0.2, 0.25) is 0 Å². The van der Waals surface area contributed by atoms with Gasteiger partial charge in [0.25, 0.3) is 0 Å². The van der Waals surface area contributed by atoms with Crippen molar-refractivity contribution in [1.82, 2.24) is 10.2 Å². The molecule has 1 N–H and O–H groups in total. The lowest BCUT2D eigenvalue weighted by Gasteiger charge is -2.31. The van der Waals surface area contributed by atoms with Crippen LogP contribution in [-0.4, -0.2) is 35.1 Å². The molecule has 5 heteroatoms. The van der Waals surface area contributed by atoms with Gasteiger partial charge in [-0.25, -0.2) is 0 Å². The average Bonchev–Trinajstić information content (AvgIpc) is 2.76. The fraction of sp³-hybridized carbons (Fsp3) is 0.462. The molecular formula is C26H36N2O2S. The normalized spacial score (nSPS) is 11.7. The zero-order valence-corrected chi connectivity index (χ0v) is 20.1. The molecule has 0 bridgehead atoms. The Morgan fingerprint density at radius 2 is 1.74 bits per heavy atom. The van der Waals surface area contributed by atoms with Crippen LogP contribution in [0.3, 0.4) is 0 Å². The maximum absolute atomic E-state index is 13.3. The predicted octanol–water partition coefficient (Wildman–Crippen LogP) is 5.51. The zero-order chi connectivity index (χ0) is 22.6. The molecule has 0 saturated carbocycles. The van der Waals surface area contributed by atoms with Gasteiger partial charge in [0.15, 0.2) is 0 Å². The highest BCUT2D eigenvalue weighted by atomic mass is 32.2. The SMILES string of the molecule is CCCCNC(=O)[C@@H](CC)N(Cc1ccccc1C)C(=O)CCSc1ccc(C)cc1. The van der Waals surface area contributed by atoms with Crippen LogP contribution in [0.5, 0.6) is 0 Å². The van der Waals surface area contributed by atoms with Crippen molar-refractivity contribution in [3.8, 4) is 0 Å². The van der Waals surface area contributed by atoms with E-state index in [0.717, 1.165) is 28.9 Å². The number of amides is 2. The minimum Gasteiger partial charge on any atom is -0.354 e. The Labute approximate surface area is 191 Å². The molecule has 2 rings (SSSR count). The summed E-state index contributed by atoms with van der Waals surface area (Å²) in [5.74, 6) is 0.671. The van der Waals surface area contributed by atoms with E-state index < -0.39 is 6.04 Å². The van der Waals surface area contributed by atoms with Gasteiger partial charge < -0.3 is 10.2 Å². The molecule has 0 aliphatic heterocycles. The summed E-state index contributed by atoms with van der Waals surface area (Å²) in [5.41, 5.74) is 3.45. The van der Waals surface area contributed by atoms with Gasteiger partial charge in [0, 0.05) is 30.2 Å². The number of hydrogen-bond donors (Lipinski definition) is 1. The molecule has 0 unspecified atom stereocenters. The van der Waals surface area contributed by atoms with Crippen LogP contribution in [-0.2, 0) is 16.1 Å². The van der Waals surface area contributed by atoms with E-state index in [2.05, 4.69) is 43.4 Å². The highest BCUT2D eigenvalue weighted by Crippen LogP contribution is 2.21. The summed E-state index contributed by atoms with van der Waals surface area (Å²) in [4.78, 5) is 29.1. The first-order valence-corrected chi connectivity index (χ1v) is 12.3. The molecule has 0 radical (unpaired) electrons. The first-order chi connectivity index (χ1) is 15.0. The number of carbonyl (C=O) groups is 2. The van der Waals surface area contributed by atoms with Crippen LogP contribution in [0.25, 0.3) is 0 Å². The highest BCUT2D eigenvalue weighted by Gasteiger charge is 2.28. The van der Waals surface area contributed by atoms with Gasteiger partial charge in [-0.2, -0.15) is 0 Å². The van der Waals surface area contributed by atoms with E-state index in [0.29, 0.717) is 31.7 Å². The second-order valence-corrected chi connectivity index (χ2v) is 9.10. The molecular weight excluding hydrogens is 404 g/mol. The van der Waals surface area contributed by atoms with Crippen LogP contribution >= 0.6 is 11.8 Å². The summed E-state index contributed by atoms with van der Waals surface area (Å²) in [5, 5.41) is 3.02. The van der Waals surface area contributed by atoms with Gasteiger partial charge in [-0.15, -0.1) is 11.8 Å². The van der Waals surface area contributed by atoms with Crippen molar-refractivity contribution in [2.45, 2.75) is 70.9 Å². The van der Waals surface area contributed by atoms with Crippen LogP contribution < -0.4 is 5.32 Å². The minimum absolute atomic E-state index is 0.0281. The Balaban J connectivity index is 2.10. The number of rotatable bonds is 12. The maximum atomic E-state index is 13.3. The zero-order valence-electron chi connectivity index (χ0n) is 19.3. The van der Waals surface area contributed by atoms with Crippen molar-refractivity contribution in [1.29, 1.82) is 0 Å². The van der Waals surface area contributed by atoms with Crippen LogP contribution in [0.1, 0.15) is 56.2 Å². The van der Waals surface area contributed by atoms with E-state index in [1.807, 2.05) is 38.1 Å². The fourth-order valence-electron chi connectivity index (χ4n) is 3.43. The number of carbonyl (C=O) groups excluding carboxylic acids is 2. The van der Waals surface area contributed by atoms with Crippen LogP contribution in [0.15, 0.2) is 53.4 Å². The quantitative estimate of drug-likeness (QED) is 0.350. The molecule has 0 aliphatic rings. The third kappa shape index (κ3) is 8.06. The van der Waals surface area contributed by atoms with Crippen LogP contribution in [0, 0.1) is 13.8 Å². The predicted molar refractivity (Wildman–Crippen MR) is 130 cm³/mol. The summed E-state index contributed by atoms with van der Waals surface area (Å²) in [6.07, 6.45) is 2.98. The standard InChI is InChI=1S/C26H36N2O2S/c1-5-7-17-27-26(30)24(6-2)28(19-22-11-9-8-10-21(22)4)25(29)16-18-31-23-14-12-20(3)13-15-23/h8-15,24H,5-7,16-19H2,1-4H3,(H,27,30)/t24-/m1/s1. The van der Waals surface area contributed by atoms with Gasteiger partial charge in [-0.3, -0.25) is 9.59 Å². The summed E-state index contributed by atoms with van der Waals surface area (Å²) in [6, 6.07) is 16.0. The van der Waals surface area contributed by atoms with E-state index in [-0.39, 0.29) is 11.8 Å². The Hall–Kier alpha value is -2.27. The van der Waals surface area contributed by atoms with E-state index in [4.69, 9.17) is 0 Å². The summed E-state index contributed by atoms with van der Waals surface area (Å²) < 4.78 is 0. The molecule has 2 aromatic rings. The maximum Gasteiger partial charge on any atom is 0.242 e. The molecule has 168 valence electrons. The lowest BCUT2D eigenvalue weighted by atomic mass is 10.1. The molecule has 0 aromatic heterocycles. The second-order valence-electron chi connectivity index (χ2n) is 7.93. The molecule has 2 aromatic carbocycles. The van der Waals surface area contributed by atoms with Crippen molar-refractivity contribution >= 4 is 23.6 Å². The number of nitrogens with one attached hydrogen (secondary N) is 1. The lowest BCUT2D eigenvalue weighted by Crippen LogP contribution is -2.49. The summed E-state index contributed by atoms with van der Waals surface area (Å²) in [7, 11) is 0. The smallest absolute Gasteiger partial charge is 0.242 e. The highest BCUT2D eigenvalue weighted by molar-refractivity contribution is 7.99. The van der Waals surface area contributed by atoms with Crippen molar-refractivity contribution in [2.24, 2.45) is 0 Å². The molecule has 31 heavy (non-hydrogen) atoms. The van der Waals surface area contributed by atoms with E-state index in [9.17, 15) is 9.59 Å². The van der Waals surface area contributed by atoms with E-state index >= 15 is 0 Å². The van der Waals surface area contributed by atoms with Gasteiger partial charge in [0.2, 0.25) is 11.8 Å². The molecule has 0 spiro atoms. The minimum atomic E-state index is -0.451. The van der Waals surface area contributed by atoms with Gasteiger partial charge >= 0.3 is 0 Å². The van der Waals surface area contributed by atoms with Gasteiger partial charge in [-0.05, 0) is 49.9 Å². The number of hydrogen-bond acceptors (Lipinski definition) is 3. The summed E-state index contributed by atoms with van der Waals surface area (Å²) >= 11 is 1.68. The average molecular weight is 441 g/mol. The van der Waals surface area contributed by atoms with Gasteiger partial charge in [0.1, 0.15) is 6.04 Å². The fourth-order valence-corrected chi connectivity index (χ4v) is 4.27. The van der Waals surface area contributed by atoms with E-state index in [1.54, 1.807) is 16.7 Å². The lowest BCUT2D eigenvalue weighted by molar-refractivity contribution is -0.141. The van der Waals surface area contributed by atoms with Crippen molar-refractivity contribution < 1.29 is 9.59 Å². The molecule has 0 heterocycles. The molecule has 4 nitrogen and oxygen atoms in total. The Kier molecular flexibility index (Phi) is 10.6. The van der Waals surface area contributed by atoms with E-state index in [1.165, 1.54) is 5.56 Å². The number of thioether (sulfide) groups is 1. The molecule has 2 amide bonds. The molecule has 0 aliphatic carbocycles. The third-order valence-corrected chi connectivity index (χ3v) is 6.44. The van der Waals surface area contributed by atoms with Crippen molar-refractivity contribution in [2.75, 3.05) is 12.3 Å². The molecule has 1 atom stereocenters. The molecule has 0 saturated heterocycles. The topological polar surface area (TPSA) is 49.4 Å². The Morgan fingerprint density at radius 3 is 2.39 bits per heavy atom. The van der Waals surface area contributed by atoms with Gasteiger partial charge in [-0.1, -0.05) is 62.2 Å². The first-order valence-electron chi connectivity index (χ1n) is 11.3. The first kappa shape index (κ1) is 25.0. The van der Waals surface area contributed by atoms with Crippen molar-refractivity contribution in [3.63, 3.8) is 0 Å². The Bertz CT molecular complexity index is 836. The Morgan fingerprint density at radius 1 is 1.03 bits per heavy atom. The summed E-state index contributed by atoms with van der Waals surface area (Å²) in [6.45, 7) is 9.31. The number of nitrogens with zero attached hydrogens (tertiary/aromatic N) is 1. The number of benzene rings is 2. The monoisotopic (exact) mass is 440 g/mol. The van der Waals surface area contributed by atoms with Crippen molar-refractivity contribution in [3.05, 3.63) is 65.2 Å².